The van der Waals surface area contributed by atoms with Crippen LogP contribution in [0.1, 0.15) is 31.2 Å². The molecule has 1 aromatic rings. The maximum Gasteiger partial charge on any atom is 0.209 e. The Bertz CT molecular complexity index is 345. The third kappa shape index (κ3) is 6.89. The Kier molecular flexibility index (Phi) is 7.61. The molecule has 2 heteroatoms. The Hall–Kier alpha value is -1.57. The number of likely N-dealkylation sites (N-methyl/N-ethyl adjacent to an activating group) is 1. The zero-order valence-corrected chi connectivity index (χ0v) is 11.2. The topological polar surface area (TPSA) is 20.3 Å². The summed E-state index contributed by atoms with van der Waals surface area (Å²) in [6.45, 7) is 0.716. The minimum absolute atomic E-state index is 0.716. The van der Waals surface area contributed by atoms with Crippen molar-refractivity contribution in [1.29, 1.82) is 0 Å². The second-order valence-electron chi connectivity index (χ2n) is 4.60. The molecule has 18 heavy (non-hydrogen) atoms. The molecule has 0 N–H and O–H groups in total. The Morgan fingerprint density at radius 3 is 2.56 bits per heavy atom. The van der Waals surface area contributed by atoms with Gasteiger partial charge in [0.25, 0.3) is 0 Å². The van der Waals surface area contributed by atoms with Crippen LogP contribution in [-0.4, -0.2) is 24.9 Å². The van der Waals surface area contributed by atoms with Crippen LogP contribution in [0, 0.1) is 0 Å². The van der Waals surface area contributed by atoms with Crippen molar-refractivity contribution in [2.75, 3.05) is 13.6 Å². The third-order valence-corrected chi connectivity index (χ3v) is 2.92. The van der Waals surface area contributed by atoms with E-state index in [9.17, 15) is 4.79 Å². The number of benzene rings is 1. The van der Waals surface area contributed by atoms with Crippen molar-refractivity contribution in [2.45, 2.75) is 32.1 Å². The number of nitrogens with zero attached hydrogens (tertiary/aromatic N) is 1. The van der Waals surface area contributed by atoms with E-state index in [0.717, 1.165) is 12.8 Å². The molecule has 1 amide bonds. The lowest BCUT2D eigenvalue weighted by molar-refractivity contribution is -0.116. The van der Waals surface area contributed by atoms with Gasteiger partial charge >= 0.3 is 0 Å². The lowest BCUT2D eigenvalue weighted by Gasteiger charge is -2.04. The molecular weight excluding hydrogens is 222 g/mol. The van der Waals surface area contributed by atoms with Gasteiger partial charge in [0.15, 0.2) is 0 Å². The predicted molar refractivity (Wildman–Crippen MR) is 76.4 cm³/mol. The van der Waals surface area contributed by atoms with Crippen LogP contribution in [0.4, 0.5) is 0 Å². The molecule has 0 unspecified atom stereocenters. The van der Waals surface area contributed by atoms with Crippen LogP contribution in [0.25, 0.3) is 0 Å². The molecule has 0 aromatic heterocycles. The molecule has 0 heterocycles. The van der Waals surface area contributed by atoms with Gasteiger partial charge in [-0.3, -0.25) is 4.79 Å². The summed E-state index contributed by atoms with van der Waals surface area (Å²) < 4.78 is 0. The summed E-state index contributed by atoms with van der Waals surface area (Å²) >= 11 is 0. The highest BCUT2D eigenvalue weighted by atomic mass is 16.1. The van der Waals surface area contributed by atoms with Gasteiger partial charge in [0.2, 0.25) is 6.41 Å². The van der Waals surface area contributed by atoms with Crippen LogP contribution in [0.3, 0.4) is 0 Å². The van der Waals surface area contributed by atoms with Crippen molar-refractivity contribution in [3.05, 3.63) is 48.0 Å². The van der Waals surface area contributed by atoms with Crippen LogP contribution in [-0.2, 0) is 11.2 Å². The van der Waals surface area contributed by atoms with Gasteiger partial charge in [-0.25, -0.2) is 0 Å². The summed E-state index contributed by atoms with van der Waals surface area (Å²) in [6, 6.07) is 10.6. The Labute approximate surface area is 110 Å². The van der Waals surface area contributed by atoms with Crippen LogP contribution < -0.4 is 0 Å². The molecule has 0 aliphatic heterocycles. The van der Waals surface area contributed by atoms with E-state index in [1.807, 2.05) is 0 Å². The number of carbonyl (C=O) groups is 1. The average Bonchev–Trinajstić information content (AvgIpc) is 2.42. The SMILES string of the molecule is CN(C=O)CC=CCCCCCc1ccccc1. The summed E-state index contributed by atoms with van der Waals surface area (Å²) in [6.07, 6.45) is 11.1. The summed E-state index contributed by atoms with van der Waals surface area (Å²) in [4.78, 5) is 12.0. The highest BCUT2D eigenvalue weighted by molar-refractivity contribution is 5.46. The van der Waals surface area contributed by atoms with Gasteiger partial charge in [-0.1, -0.05) is 48.9 Å². The normalized spacial score (nSPS) is 10.7. The molecular formula is C16H23NO. The van der Waals surface area contributed by atoms with E-state index in [1.54, 1.807) is 11.9 Å². The summed E-state index contributed by atoms with van der Waals surface area (Å²) in [5.41, 5.74) is 1.43. The molecule has 0 bridgehead atoms. The van der Waals surface area contributed by atoms with Crippen molar-refractivity contribution in [2.24, 2.45) is 0 Å². The van der Waals surface area contributed by atoms with Crippen molar-refractivity contribution < 1.29 is 4.79 Å². The zero-order chi connectivity index (χ0) is 13.1. The fourth-order valence-electron chi connectivity index (χ4n) is 1.81. The largest absolute Gasteiger partial charge is 0.345 e. The van der Waals surface area contributed by atoms with Gasteiger partial charge in [0, 0.05) is 13.6 Å². The quantitative estimate of drug-likeness (QED) is 0.371. The summed E-state index contributed by atoms with van der Waals surface area (Å²) in [7, 11) is 1.79. The first-order chi connectivity index (χ1) is 8.83. The van der Waals surface area contributed by atoms with E-state index < -0.39 is 0 Å². The van der Waals surface area contributed by atoms with Gasteiger partial charge in [0.05, 0.1) is 0 Å². The smallest absolute Gasteiger partial charge is 0.209 e. The fraction of sp³-hybridized carbons (Fsp3) is 0.438. The number of aryl methyl sites for hydroxylation is 1. The van der Waals surface area contributed by atoms with Crippen LogP contribution >= 0.6 is 0 Å². The molecule has 2 nitrogen and oxygen atoms in total. The zero-order valence-electron chi connectivity index (χ0n) is 11.2. The molecule has 0 radical (unpaired) electrons. The fourth-order valence-corrected chi connectivity index (χ4v) is 1.81. The lowest BCUT2D eigenvalue weighted by atomic mass is 10.1. The van der Waals surface area contributed by atoms with Gasteiger partial charge < -0.3 is 4.90 Å². The van der Waals surface area contributed by atoms with Crippen LogP contribution in [0.2, 0.25) is 0 Å². The Morgan fingerprint density at radius 1 is 1.06 bits per heavy atom. The molecule has 0 spiro atoms. The number of amides is 1. The van der Waals surface area contributed by atoms with E-state index >= 15 is 0 Å². The summed E-state index contributed by atoms with van der Waals surface area (Å²) in [5, 5.41) is 0. The molecule has 0 atom stereocenters. The maximum atomic E-state index is 10.3. The number of carbonyl (C=O) groups excluding carboxylic acids is 1. The van der Waals surface area contributed by atoms with E-state index in [1.165, 1.54) is 31.2 Å². The van der Waals surface area contributed by atoms with Gasteiger partial charge in [-0.05, 0) is 31.2 Å². The standard InChI is InChI=1S/C16H23NO/c1-17(15-18)14-10-5-3-2-4-7-11-16-12-8-6-9-13-16/h5-6,8-10,12-13,15H,2-4,7,11,14H2,1H3. The van der Waals surface area contributed by atoms with E-state index in [0.29, 0.717) is 6.54 Å². The highest BCUT2D eigenvalue weighted by Crippen LogP contribution is 2.07. The van der Waals surface area contributed by atoms with E-state index in [2.05, 4.69) is 42.5 Å². The first-order valence-corrected chi connectivity index (χ1v) is 6.67. The van der Waals surface area contributed by atoms with Crippen molar-refractivity contribution in [3.63, 3.8) is 0 Å². The predicted octanol–water partition coefficient (Wildman–Crippen LogP) is 3.43. The second kappa shape index (κ2) is 9.46. The molecule has 1 aromatic carbocycles. The monoisotopic (exact) mass is 245 g/mol. The molecule has 0 saturated heterocycles. The third-order valence-electron chi connectivity index (χ3n) is 2.92. The van der Waals surface area contributed by atoms with Gasteiger partial charge in [0.1, 0.15) is 0 Å². The first kappa shape index (κ1) is 14.5. The Morgan fingerprint density at radius 2 is 1.83 bits per heavy atom. The lowest BCUT2D eigenvalue weighted by Crippen LogP contribution is -2.14. The van der Waals surface area contributed by atoms with Crippen molar-refractivity contribution in [1.82, 2.24) is 4.90 Å². The maximum absolute atomic E-state index is 10.3. The van der Waals surface area contributed by atoms with E-state index in [-0.39, 0.29) is 0 Å². The van der Waals surface area contributed by atoms with E-state index in [4.69, 9.17) is 0 Å². The molecule has 0 fully saturated rings. The van der Waals surface area contributed by atoms with Crippen LogP contribution in [0.5, 0.6) is 0 Å². The van der Waals surface area contributed by atoms with Gasteiger partial charge in [-0.2, -0.15) is 0 Å². The average molecular weight is 245 g/mol. The van der Waals surface area contributed by atoms with Crippen LogP contribution in [0.15, 0.2) is 42.5 Å². The minimum Gasteiger partial charge on any atom is -0.345 e. The van der Waals surface area contributed by atoms with Crippen molar-refractivity contribution >= 4 is 6.41 Å². The number of rotatable bonds is 9. The molecule has 1 rings (SSSR count). The molecule has 98 valence electrons. The number of hydrogen-bond donors (Lipinski definition) is 0. The second-order valence-corrected chi connectivity index (χ2v) is 4.60. The molecule has 0 aliphatic rings. The Balaban J connectivity index is 1.97. The number of unbranched alkanes of at least 4 members (excludes halogenated alkanes) is 3. The molecule has 0 saturated carbocycles. The van der Waals surface area contributed by atoms with Crippen molar-refractivity contribution in [3.8, 4) is 0 Å². The number of hydrogen-bond acceptors (Lipinski definition) is 1. The highest BCUT2D eigenvalue weighted by Gasteiger charge is 1.92. The first-order valence-electron chi connectivity index (χ1n) is 6.67. The minimum atomic E-state index is 0.716. The number of allylic oxidation sites excluding steroid dienone is 1. The van der Waals surface area contributed by atoms with Gasteiger partial charge in [-0.15, -0.1) is 0 Å². The molecule has 0 aliphatic carbocycles. The summed E-state index contributed by atoms with van der Waals surface area (Å²) in [5.74, 6) is 0.